The van der Waals surface area contributed by atoms with Crippen LogP contribution < -0.4 is 0 Å². The minimum absolute atomic E-state index is 0.766. The fourth-order valence-corrected chi connectivity index (χ4v) is 2.19. The van der Waals surface area contributed by atoms with Crippen LogP contribution in [0.1, 0.15) is 45.6 Å². The second-order valence-electron chi connectivity index (χ2n) is 4.98. The van der Waals surface area contributed by atoms with Gasteiger partial charge in [0, 0.05) is 5.02 Å². The fourth-order valence-electron chi connectivity index (χ4n) is 2.06. The van der Waals surface area contributed by atoms with Gasteiger partial charge < -0.3 is 0 Å². The number of unbranched alkanes of at least 4 members (excludes halogenated alkanes) is 1. The van der Waals surface area contributed by atoms with Crippen molar-refractivity contribution in [2.45, 2.75) is 46.5 Å². The first-order valence-electron chi connectivity index (χ1n) is 6.38. The van der Waals surface area contributed by atoms with Crippen LogP contribution in [0.5, 0.6) is 0 Å². The molecule has 0 saturated heterocycles. The highest BCUT2D eigenvalue weighted by molar-refractivity contribution is 6.30. The van der Waals surface area contributed by atoms with E-state index in [1.54, 1.807) is 0 Å². The van der Waals surface area contributed by atoms with Gasteiger partial charge in [-0.3, -0.25) is 0 Å². The summed E-state index contributed by atoms with van der Waals surface area (Å²) in [6, 6.07) is 8.30. The lowest BCUT2D eigenvalue weighted by atomic mass is 9.85. The molecule has 0 amide bonds. The number of hydrogen-bond donors (Lipinski definition) is 0. The van der Waals surface area contributed by atoms with Gasteiger partial charge in [-0.15, -0.1) is 0 Å². The van der Waals surface area contributed by atoms with Gasteiger partial charge in [-0.25, -0.2) is 0 Å². The van der Waals surface area contributed by atoms with Crippen LogP contribution in [-0.2, 0) is 6.42 Å². The third kappa shape index (κ3) is 4.57. The molecule has 16 heavy (non-hydrogen) atoms. The van der Waals surface area contributed by atoms with Crippen LogP contribution in [-0.4, -0.2) is 0 Å². The highest BCUT2D eigenvalue weighted by Crippen LogP contribution is 2.23. The van der Waals surface area contributed by atoms with E-state index in [0.29, 0.717) is 0 Å². The van der Waals surface area contributed by atoms with Crippen molar-refractivity contribution in [3.8, 4) is 0 Å². The predicted molar refractivity (Wildman–Crippen MR) is 73.0 cm³/mol. The number of hydrogen-bond acceptors (Lipinski definition) is 0. The lowest BCUT2D eigenvalue weighted by Gasteiger charge is -2.20. The van der Waals surface area contributed by atoms with E-state index in [0.717, 1.165) is 16.9 Å². The molecule has 0 aromatic heterocycles. The van der Waals surface area contributed by atoms with E-state index in [-0.39, 0.29) is 0 Å². The van der Waals surface area contributed by atoms with Crippen molar-refractivity contribution >= 4 is 11.6 Å². The van der Waals surface area contributed by atoms with E-state index in [1.807, 2.05) is 12.1 Å². The molecule has 0 nitrogen and oxygen atoms in total. The Morgan fingerprint density at radius 2 is 1.75 bits per heavy atom. The van der Waals surface area contributed by atoms with E-state index in [1.165, 1.54) is 31.2 Å². The average Bonchev–Trinajstić information content (AvgIpc) is 2.26. The van der Waals surface area contributed by atoms with Crippen molar-refractivity contribution in [1.29, 1.82) is 0 Å². The van der Waals surface area contributed by atoms with Gasteiger partial charge in [0.15, 0.2) is 0 Å². The van der Waals surface area contributed by atoms with Gasteiger partial charge in [-0.1, -0.05) is 57.3 Å². The monoisotopic (exact) mass is 238 g/mol. The van der Waals surface area contributed by atoms with Crippen molar-refractivity contribution in [3.05, 3.63) is 34.9 Å². The van der Waals surface area contributed by atoms with Crippen LogP contribution in [0.4, 0.5) is 0 Å². The fraction of sp³-hybridized carbons (Fsp3) is 0.600. The molecule has 0 saturated carbocycles. The molecule has 0 fully saturated rings. The molecule has 1 unspecified atom stereocenters. The number of benzene rings is 1. The van der Waals surface area contributed by atoms with E-state index in [9.17, 15) is 0 Å². The van der Waals surface area contributed by atoms with Crippen molar-refractivity contribution in [1.82, 2.24) is 0 Å². The Balaban J connectivity index is 2.57. The highest BCUT2D eigenvalue weighted by atomic mass is 35.5. The molecule has 0 radical (unpaired) electrons. The molecular formula is C15H23Cl. The summed E-state index contributed by atoms with van der Waals surface area (Å²) in [4.78, 5) is 0. The topological polar surface area (TPSA) is 0 Å². The molecule has 0 aliphatic heterocycles. The Labute approximate surface area is 105 Å². The lowest BCUT2D eigenvalue weighted by Crippen LogP contribution is -2.12. The second kappa shape index (κ2) is 6.96. The zero-order chi connectivity index (χ0) is 12.0. The summed E-state index contributed by atoms with van der Waals surface area (Å²) in [5, 5.41) is 0.832. The summed E-state index contributed by atoms with van der Waals surface area (Å²) in [6.07, 6.45) is 5.17. The maximum absolute atomic E-state index is 5.89. The third-order valence-electron chi connectivity index (χ3n) is 3.28. The minimum Gasteiger partial charge on any atom is -0.0843 e. The molecule has 0 bridgehead atoms. The van der Waals surface area contributed by atoms with Gasteiger partial charge in [-0.2, -0.15) is 0 Å². The molecule has 1 heteroatoms. The standard InChI is InChI=1S/C15H23Cl/c1-4-5-6-14(12(2)3)11-13-7-9-15(16)10-8-13/h7-10,12,14H,4-6,11H2,1-3H3. The first kappa shape index (κ1) is 13.6. The summed E-state index contributed by atoms with van der Waals surface area (Å²) >= 11 is 5.89. The Kier molecular flexibility index (Phi) is 5.90. The zero-order valence-electron chi connectivity index (χ0n) is 10.7. The van der Waals surface area contributed by atoms with Gasteiger partial charge in [-0.05, 0) is 42.4 Å². The lowest BCUT2D eigenvalue weighted by molar-refractivity contribution is 0.347. The van der Waals surface area contributed by atoms with Crippen LogP contribution in [0.3, 0.4) is 0 Å². The van der Waals surface area contributed by atoms with Crippen molar-refractivity contribution in [2.24, 2.45) is 11.8 Å². The highest BCUT2D eigenvalue weighted by Gasteiger charge is 2.13. The van der Waals surface area contributed by atoms with Crippen LogP contribution in [0.15, 0.2) is 24.3 Å². The molecule has 1 atom stereocenters. The number of halogens is 1. The largest absolute Gasteiger partial charge is 0.0843 e. The van der Waals surface area contributed by atoms with Crippen LogP contribution in [0.25, 0.3) is 0 Å². The second-order valence-corrected chi connectivity index (χ2v) is 5.41. The maximum Gasteiger partial charge on any atom is 0.0406 e. The third-order valence-corrected chi connectivity index (χ3v) is 3.53. The average molecular weight is 239 g/mol. The normalized spacial score (nSPS) is 13.1. The molecule has 0 aliphatic rings. The first-order valence-corrected chi connectivity index (χ1v) is 6.75. The van der Waals surface area contributed by atoms with Gasteiger partial charge in [0.1, 0.15) is 0 Å². The van der Waals surface area contributed by atoms with Crippen molar-refractivity contribution < 1.29 is 0 Å². The summed E-state index contributed by atoms with van der Waals surface area (Å²) in [7, 11) is 0. The van der Waals surface area contributed by atoms with Crippen molar-refractivity contribution in [2.75, 3.05) is 0 Å². The number of rotatable bonds is 6. The van der Waals surface area contributed by atoms with Gasteiger partial charge in [0.2, 0.25) is 0 Å². The SMILES string of the molecule is CCCCC(Cc1ccc(Cl)cc1)C(C)C. The minimum atomic E-state index is 0.766. The zero-order valence-corrected chi connectivity index (χ0v) is 11.4. The molecular weight excluding hydrogens is 216 g/mol. The van der Waals surface area contributed by atoms with Crippen LogP contribution in [0, 0.1) is 11.8 Å². The quantitative estimate of drug-likeness (QED) is 0.627. The molecule has 0 heterocycles. The summed E-state index contributed by atoms with van der Waals surface area (Å²) in [6.45, 7) is 6.92. The van der Waals surface area contributed by atoms with Crippen LogP contribution in [0.2, 0.25) is 5.02 Å². The first-order chi connectivity index (χ1) is 7.63. The molecule has 1 rings (SSSR count). The Hall–Kier alpha value is -0.490. The Bertz CT molecular complexity index is 287. The van der Waals surface area contributed by atoms with E-state index in [2.05, 4.69) is 32.9 Å². The molecule has 1 aromatic carbocycles. The predicted octanol–water partition coefficient (Wildman–Crippen LogP) is 5.34. The Morgan fingerprint density at radius 3 is 2.25 bits per heavy atom. The van der Waals surface area contributed by atoms with E-state index in [4.69, 9.17) is 11.6 Å². The van der Waals surface area contributed by atoms with Gasteiger partial charge in [0.25, 0.3) is 0 Å². The molecule has 0 aliphatic carbocycles. The summed E-state index contributed by atoms with van der Waals surface area (Å²) in [5.41, 5.74) is 1.42. The van der Waals surface area contributed by atoms with Crippen LogP contribution >= 0.6 is 11.6 Å². The summed E-state index contributed by atoms with van der Waals surface area (Å²) < 4.78 is 0. The smallest absolute Gasteiger partial charge is 0.0406 e. The molecule has 90 valence electrons. The van der Waals surface area contributed by atoms with E-state index >= 15 is 0 Å². The summed E-state index contributed by atoms with van der Waals surface area (Å²) in [5.74, 6) is 1.57. The molecule has 0 N–H and O–H groups in total. The molecule has 1 aromatic rings. The maximum atomic E-state index is 5.89. The molecule has 0 spiro atoms. The van der Waals surface area contributed by atoms with Gasteiger partial charge >= 0.3 is 0 Å². The van der Waals surface area contributed by atoms with Crippen molar-refractivity contribution in [3.63, 3.8) is 0 Å². The van der Waals surface area contributed by atoms with Gasteiger partial charge in [0.05, 0.1) is 0 Å². The Morgan fingerprint density at radius 1 is 1.12 bits per heavy atom. The van der Waals surface area contributed by atoms with E-state index < -0.39 is 0 Å².